The number of halogens is 1. The molecule has 0 N–H and O–H groups in total. The average molecular weight is 248 g/mol. The number of carbonyl (C=O) groups excluding carboxylic acids is 1. The summed E-state index contributed by atoms with van der Waals surface area (Å²) in [6.07, 6.45) is 0. The quantitative estimate of drug-likeness (QED) is 0.733. The van der Waals surface area contributed by atoms with E-state index in [-0.39, 0.29) is 11.6 Å². The molecule has 0 fully saturated rings. The molecular formula is C14H13FOS. The van der Waals surface area contributed by atoms with E-state index in [9.17, 15) is 9.18 Å². The standard InChI is InChI=1S/C14H13FOS/c1-8-7-13(17-10(8)3)14(16)11-4-5-12(15)9(2)6-11/h4-7H,1-3H3. The zero-order valence-corrected chi connectivity index (χ0v) is 10.8. The van der Waals surface area contributed by atoms with Crippen LogP contribution in [-0.2, 0) is 0 Å². The number of rotatable bonds is 2. The molecule has 0 saturated carbocycles. The van der Waals surface area contributed by atoms with Gasteiger partial charge in [-0.3, -0.25) is 4.79 Å². The van der Waals surface area contributed by atoms with Gasteiger partial charge in [0.1, 0.15) is 5.82 Å². The Hall–Kier alpha value is -1.48. The Labute approximate surface area is 104 Å². The summed E-state index contributed by atoms with van der Waals surface area (Å²) in [6, 6.07) is 6.37. The second-order valence-corrected chi connectivity index (χ2v) is 5.40. The maximum absolute atomic E-state index is 13.1. The topological polar surface area (TPSA) is 17.1 Å². The maximum atomic E-state index is 13.1. The fourth-order valence-electron chi connectivity index (χ4n) is 1.61. The van der Waals surface area contributed by atoms with Crippen LogP contribution >= 0.6 is 11.3 Å². The molecule has 1 aromatic heterocycles. The van der Waals surface area contributed by atoms with Crippen molar-refractivity contribution in [3.05, 3.63) is 56.5 Å². The lowest BCUT2D eigenvalue weighted by molar-refractivity contribution is 0.104. The molecule has 0 amide bonds. The largest absolute Gasteiger partial charge is 0.288 e. The fraction of sp³-hybridized carbons (Fsp3) is 0.214. The third-order valence-electron chi connectivity index (χ3n) is 2.81. The van der Waals surface area contributed by atoms with Gasteiger partial charge in [-0.25, -0.2) is 4.39 Å². The number of carbonyl (C=O) groups is 1. The van der Waals surface area contributed by atoms with E-state index < -0.39 is 0 Å². The van der Waals surface area contributed by atoms with E-state index in [1.54, 1.807) is 13.0 Å². The van der Waals surface area contributed by atoms with Gasteiger partial charge in [-0.2, -0.15) is 0 Å². The molecule has 0 aliphatic carbocycles. The maximum Gasteiger partial charge on any atom is 0.202 e. The molecule has 88 valence electrons. The first kappa shape index (κ1) is 12.0. The summed E-state index contributed by atoms with van der Waals surface area (Å²) < 4.78 is 13.1. The Morgan fingerprint density at radius 2 is 1.82 bits per heavy atom. The monoisotopic (exact) mass is 248 g/mol. The van der Waals surface area contributed by atoms with E-state index in [2.05, 4.69) is 0 Å². The Morgan fingerprint density at radius 1 is 1.12 bits per heavy atom. The van der Waals surface area contributed by atoms with Crippen LogP contribution < -0.4 is 0 Å². The second kappa shape index (κ2) is 4.41. The summed E-state index contributed by atoms with van der Waals surface area (Å²) in [6.45, 7) is 5.64. The van der Waals surface area contributed by atoms with Crippen molar-refractivity contribution in [2.24, 2.45) is 0 Å². The van der Waals surface area contributed by atoms with Crippen LogP contribution in [0.15, 0.2) is 24.3 Å². The zero-order chi connectivity index (χ0) is 12.6. The molecule has 0 spiro atoms. The van der Waals surface area contributed by atoms with Crippen molar-refractivity contribution < 1.29 is 9.18 Å². The van der Waals surface area contributed by atoms with Crippen LogP contribution in [0.3, 0.4) is 0 Å². The van der Waals surface area contributed by atoms with Gasteiger partial charge in [0.25, 0.3) is 0 Å². The number of ketones is 1. The summed E-state index contributed by atoms with van der Waals surface area (Å²) in [5, 5.41) is 0. The molecule has 2 rings (SSSR count). The first-order valence-electron chi connectivity index (χ1n) is 5.37. The van der Waals surface area contributed by atoms with Crippen LogP contribution in [0.1, 0.15) is 31.2 Å². The summed E-state index contributed by atoms with van der Waals surface area (Å²) in [5.41, 5.74) is 2.17. The molecule has 2 aromatic rings. The predicted octanol–water partition coefficient (Wildman–Crippen LogP) is 4.04. The summed E-state index contributed by atoms with van der Waals surface area (Å²) in [4.78, 5) is 14.0. The van der Waals surface area contributed by atoms with Crippen LogP contribution in [0.2, 0.25) is 0 Å². The molecule has 0 radical (unpaired) electrons. The van der Waals surface area contributed by atoms with Crippen LogP contribution in [0.25, 0.3) is 0 Å². The number of aryl methyl sites for hydroxylation is 3. The molecule has 1 aromatic carbocycles. The summed E-state index contributed by atoms with van der Waals surface area (Å²) in [7, 11) is 0. The third kappa shape index (κ3) is 2.29. The van der Waals surface area contributed by atoms with Crippen LogP contribution in [0.4, 0.5) is 4.39 Å². The highest BCUT2D eigenvalue weighted by Crippen LogP contribution is 2.24. The van der Waals surface area contributed by atoms with E-state index in [0.29, 0.717) is 16.0 Å². The first-order valence-corrected chi connectivity index (χ1v) is 6.18. The van der Waals surface area contributed by atoms with Crippen LogP contribution in [0, 0.1) is 26.6 Å². The molecule has 1 nitrogen and oxygen atoms in total. The van der Waals surface area contributed by atoms with E-state index in [1.165, 1.54) is 23.5 Å². The number of hydrogen-bond donors (Lipinski definition) is 0. The minimum absolute atomic E-state index is 0.0331. The van der Waals surface area contributed by atoms with Gasteiger partial charge in [-0.05, 0) is 56.2 Å². The fourth-order valence-corrected chi connectivity index (χ4v) is 2.61. The van der Waals surface area contributed by atoms with E-state index >= 15 is 0 Å². The van der Waals surface area contributed by atoms with Gasteiger partial charge in [-0.15, -0.1) is 11.3 Å². The van der Waals surface area contributed by atoms with E-state index in [0.717, 1.165) is 10.4 Å². The van der Waals surface area contributed by atoms with Gasteiger partial charge in [0, 0.05) is 10.4 Å². The van der Waals surface area contributed by atoms with Crippen molar-refractivity contribution in [1.82, 2.24) is 0 Å². The lowest BCUT2D eigenvalue weighted by Gasteiger charge is -2.00. The van der Waals surface area contributed by atoms with Gasteiger partial charge in [0.15, 0.2) is 0 Å². The average Bonchev–Trinajstić information content (AvgIpc) is 2.62. The van der Waals surface area contributed by atoms with Gasteiger partial charge in [0.2, 0.25) is 5.78 Å². The van der Waals surface area contributed by atoms with Crippen molar-refractivity contribution in [3.8, 4) is 0 Å². The minimum atomic E-state index is -0.278. The summed E-state index contributed by atoms with van der Waals surface area (Å²) >= 11 is 1.48. The smallest absolute Gasteiger partial charge is 0.202 e. The lowest BCUT2D eigenvalue weighted by atomic mass is 10.1. The Bertz CT molecular complexity index is 564. The van der Waals surface area contributed by atoms with Gasteiger partial charge in [0.05, 0.1) is 4.88 Å². The minimum Gasteiger partial charge on any atom is -0.288 e. The Morgan fingerprint density at radius 3 is 2.35 bits per heavy atom. The number of hydrogen-bond acceptors (Lipinski definition) is 2. The number of thiophene rings is 1. The normalized spacial score (nSPS) is 10.6. The second-order valence-electron chi connectivity index (χ2n) is 4.14. The highest BCUT2D eigenvalue weighted by atomic mass is 32.1. The predicted molar refractivity (Wildman–Crippen MR) is 68.4 cm³/mol. The van der Waals surface area contributed by atoms with Crippen molar-refractivity contribution in [3.63, 3.8) is 0 Å². The number of benzene rings is 1. The lowest BCUT2D eigenvalue weighted by Crippen LogP contribution is -1.99. The first-order chi connectivity index (χ1) is 7.99. The van der Waals surface area contributed by atoms with Gasteiger partial charge >= 0.3 is 0 Å². The van der Waals surface area contributed by atoms with Gasteiger partial charge < -0.3 is 0 Å². The highest BCUT2D eigenvalue weighted by molar-refractivity contribution is 7.14. The van der Waals surface area contributed by atoms with Crippen molar-refractivity contribution in [2.45, 2.75) is 20.8 Å². The van der Waals surface area contributed by atoms with Crippen molar-refractivity contribution >= 4 is 17.1 Å². The Balaban J connectivity index is 2.40. The Kier molecular flexibility index (Phi) is 3.11. The molecule has 0 aliphatic heterocycles. The molecule has 1 heterocycles. The van der Waals surface area contributed by atoms with E-state index in [1.807, 2.05) is 19.9 Å². The SMILES string of the molecule is Cc1cc(C(=O)c2cc(C)c(C)s2)ccc1F. The molecule has 0 bridgehead atoms. The van der Waals surface area contributed by atoms with E-state index in [4.69, 9.17) is 0 Å². The summed E-state index contributed by atoms with van der Waals surface area (Å²) in [5.74, 6) is -0.311. The van der Waals surface area contributed by atoms with Crippen molar-refractivity contribution in [2.75, 3.05) is 0 Å². The van der Waals surface area contributed by atoms with Crippen LogP contribution in [-0.4, -0.2) is 5.78 Å². The molecular weight excluding hydrogens is 235 g/mol. The highest BCUT2D eigenvalue weighted by Gasteiger charge is 2.13. The molecule has 0 aliphatic rings. The molecule has 0 atom stereocenters. The molecule has 17 heavy (non-hydrogen) atoms. The van der Waals surface area contributed by atoms with Crippen LogP contribution in [0.5, 0.6) is 0 Å². The molecule has 0 saturated heterocycles. The molecule has 3 heteroatoms. The van der Waals surface area contributed by atoms with Crippen molar-refractivity contribution in [1.29, 1.82) is 0 Å². The zero-order valence-electron chi connectivity index (χ0n) is 10.0. The van der Waals surface area contributed by atoms with Gasteiger partial charge in [-0.1, -0.05) is 0 Å². The third-order valence-corrected chi connectivity index (χ3v) is 3.96. The molecule has 0 unspecified atom stereocenters.